The number of ether oxygens (including phenoxy) is 2. The van der Waals surface area contributed by atoms with E-state index in [0.717, 1.165) is 35.1 Å². The van der Waals surface area contributed by atoms with Crippen LogP contribution in [0.2, 0.25) is 0 Å². The standard InChI is InChI=1S/C26H30N2O5/c1-25(2)9-8-21-18-11-16(7-10-26(3,4)33-6)17(15-32-5)12-19(18)22-13-23(29)20(24(30)31)14-27(22)28(21)25/h11-14,21H,8-9,15H2,1-6H3,(H,30,31)/t21-/m1/s1. The summed E-state index contributed by atoms with van der Waals surface area (Å²) in [6.07, 6.45) is 3.31. The molecule has 0 bridgehead atoms. The molecule has 33 heavy (non-hydrogen) atoms. The van der Waals surface area contributed by atoms with Gasteiger partial charge in [-0.05, 0) is 63.8 Å². The number of carbonyl (C=O) groups is 1. The molecule has 7 nitrogen and oxygen atoms in total. The van der Waals surface area contributed by atoms with Crippen molar-refractivity contribution in [1.29, 1.82) is 0 Å². The van der Waals surface area contributed by atoms with Crippen molar-refractivity contribution in [3.8, 4) is 23.1 Å². The lowest BCUT2D eigenvalue weighted by atomic mass is 9.89. The highest BCUT2D eigenvalue weighted by Gasteiger charge is 2.45. The van der Waals surface area contributed by atoms with Crippen molar-refractivity contribution in [2.24, 2.45) is 0 Å². The van der Waals surface area contributed by atoms with Gasteiger partial charge in [-0.1, -0.05) is 11.8 Å². The molecule has 174 valence electrons. The molecule has 0 aliphatic carbocycles. The maximum absolute atomic E-state index is 12.6. The molecular formula is C26H30N2O5. The van der Waals surface area contributed by atoms with Crippen molar-refractivity contribution in [2.75, 3.05) is 19.2 Å². The van der Waals surface area contributed by atoms with Crippen LogP contribution in [0.1, 0.15) is 73.6 Å². The fourth-order valence-corrected chi connectivity index (χ4v) is 4.76. The van der Waals surface area contributed by atoms with Crippen molar-refractivity contribution in [1.82, 2.24) is 4.68 Å². The predicted molar refractivity (Wildman–Crippen MR) is 126 cm³/mol. The van der Waals surface area contributed by atoms with Gasteiger partial charge in [0.25, 0.3) is 0 Å². The lowest BCUT2D eigenvalue weighted by Gasteiger charge is -2.44. The summed E-state index contributed by atoms with van der Waals surface area (Å²) in [6.45, 7) is 8.47. The van der Waals surface area contributed by atoms with Gasteiger partial charge in [0, 0.05) is 37.6 Å². The Kier molecular flexibility index (Phi) is 5.63. The molecule has 1 atom stereocenters. The Bertz CT molecular complexity index is 1250. The molecule has 1 aromatic heterocycles. The van der Waals surface area contributed by atoms with Crippen LogP contribution < -0.4 is 10.4 Å². The summed E-state index contributed by atoms with van der Waals surface area (Å²) >= 11 is 0. The zero-order chi connectivity index (χ0) is 24.1. The first-order valence-electron chi connectivity index (χ1n) is 11.0. The van der Waals surface area contributed by atoms with Crippen LogP contribution in [0.4, 0.5) is 0 Å². The van der Waals surface area contributed by atoms with Crippen molar-refractivity contribution in [3.05, 3.63) is 56.9 Å². The molecule has 1 saturated heterocycles. The van der Waals surface area contributed by atoms with Gasteiger partial charge in [0.1, 0.15) is 11.2 Å². The molecular weight excluding hydrogens is 420 g/mol. The highest BCUT2D eigenvalue weighted by atomic mass is 16.5. The molecule has 0 radical (unpaired) electrons. The molecule has 0 amide bonds. The Morgan fingerprint density at radius 1 is 1.27 bits per heavy atom. The molecule has 1 aromatic carbocycles. The van der Waals surface area contributed by atoms with E-state index in [9.17, 15) is 14.7 Å². The first-order chi connectivity index (χ1) is 15.5. The number of fused-ring (bicyclic) bond motifs is 6. The Morgan fingerprint density at radius 2 is 2.00 bits per heavy atom. The number of nitrogens with zero attached hydrogens (tertiary/aromatic N) is 2. The van der Waals surface area contributed by atoms with Gasteiger partial charge < -0.3 is 14.6 Å². The van der Waals surface area contributed by atoms with Gasteiger partial charge in [0.15, 0.2) is 5.43 Å². The van der Waals surface area contributed by atoms with E-state index in [1.807, 2.05) is 24.6 Å². The summed E-state index contributed by atoms with van der Waals surface area (Å²) in [5.74, 6) is 5.25. The van der Waals surface area contributed by atoms with E-state index >= 15 is 0 Å². The van der Waals surface area contributed by atoms with Crippen LogP contribution in [-0.4, -0.2) is 41.1 Å². The van der Waals surface area contributed by atoms with Crippen molar-refractivity contribution in [3.63, 3.8) is 0 Å². The maximum atomic E-state index is 12.6. The summed E-state index contributed by atoms with van der Waals surface area (Å²) in [7, 11) is 3.27. The first kappa shape index (κ1) is 23.1. The number of methoxy groups -OCH3 is 2. The van der Waals surface area contributed by atoms with Crippen molar-refractivity contribution >= 4 is 5.97 Å². The van der Waals surface area contributed by atoms with Crippen LogP contribution in [0.25, 0.3) is 11.3 Å². The SMILES string of the molecule is COCc1cc2c(cc1C#CC(C)(C)OC)[C@H]1CCC(C)(C)N1n1cc(C(=O)O)c(=O)cc1-2. The minimum Gasteiger partial charge on any atom is -0.477 e. The number of aromatic carboxylic acids is 1. The fraction of sp³-hybridized carbons (Fsp3) is 0.462. The fourth-order valence-electron chi connectivity index (χ4n) is 4.76. The van der Waals surface area contributed by atoms with Gasteiger partial charge >= 0.3 is 5.97 Å². The molecule has 2 aliphatic rings. The smallest absolute Gasteiger partial charge is 0.341 e. The number of carboxylic acids is 1. The first-order valence-corrected chi connectivity index (χ1v) is 11.0. The minimum atomic E-state index is -1.22. The molecule has 4 rings (SSSR count). The maximum Gasteiger partial charge on any atom is 0.341 e. The minimum absolute atomic E-state index is 0.0410. The van der Waals surface area contributed by atoms with Gasteiger partial charge in [-0.25, -0.2) is 4.79 Å². The zero-order valence-electron chi connectivity index (χ0n) is 20.0. The van der Waals surface area contributed by atoms with Crippen LogP contribution >= 0.6 is 0 Å². The average Bonchev–Trinajstić information content (AvgIpc) is 3.07. The topological polar surface area (TPSA) is 81.0 Å². The van der Waals surface area contributed by atoms with Gasteiger partial charge in [-0.3, -0.25) is 14.5 Å². The number of pyridine rings is 1. The molecule has 0 spiro atoms. The van der Waals surface area contributed by atoms with Gasteiger partial charge in [-0.2, -0.15) is 0 Å². The zero-order valence-corrected chi connectivity index (χ0v) is 20.0. The van der Waals surface area contributed by atoms with E-state index in [2.05, 4.69) is 36.8 Å². The van der Waals surface area contributed by atoms with Crippen LogP contribution in [0, 0.1) is 11.8 Å². The summed E-state index contributed by atoms with van der Waals surface area (Å²) < 4.78 is 12.8. The number of benzene rings is 1. The largest absolute Gasteiger partial charge is 0.477 e. The van der Waals surface area contributed by atoms with E-state index in [1.54, 1.807) is 14.2 Å². The highest BCUT2D eigenvalue weighted by Crippen LogP contribution is 2.48. The summed E-state index contributed by atoms with van der Waals surface area (Å²) in [6, 6.07) is 5.60. The summed E-state index contributed by atoms with van der Waals surface area (Å²) in [5, 5.41) is 11.8. The molecule has 2 aromatic rings. The number of carboxylic acid groups (broad SMARTS) is 1. The quantitative estimate of drug-likeness (QED) is 0.716. The van der Waals surface area contributed by atoms with Gasteiger partial charge in [-0.15, -0.1) is 0 Å². The van der Waals surface area contributed by atoms with E-state index in [4.69, 9.17) is 9.47 Å². The Balaban J connectivity index is 2.00. The number of hydrogen-bond acceptors (Lipinski definition) is 5. The monoisotopic (exact) mass is 450 g/mol. The lowest BCUT2D eigenvalue weighted by molar-refractivity contribution is 0.0693. The van der Waals surface area contributed by atoms with Gasteiger partial charge in [0.05, 0.1) is 23.9 Å². The molecule has 0 saturated carbocycles. The van der Waals surface area contributed by atoms with E-state index in [0.29, 0.717) is 12.3 Å². The van der Waals surface area contributed by atoms with Gasteiger partial charge in [0.2, 0.25) is 0 Å². The van der Waals surface area contributed by atoms with Crippen molar-refractivity contribution in [2.45, 2.75) is 64.3 Å². The normalized spacial score (nSPS) is 18.1. The van der Waals surface area contributed by atoms with Crippen LogP contribution in [0.5, 0.6) is 0 Å². The molecule has 0 unspecified atom stereocenters. The average molecular weight is 451 g/mol. The van der Waals surface area contributed by atoms with E-state index in [-0.39, 0.29) is 17.1 Å². The third-order valence-corrected chi connectivity index (χ3v) is 6.66. The van der Waals surface area contributed by atoms with E-state index in [1.165, 1.54) is 12.3 Å². The Morgan fingerprint density at radius 3 is 2.64 bits per heavy atom. The highest BCUT2D eigenvalue weighted by molar-refractivity contribution is 5.88. The van der Waals surface area contributed by atoms with Crippen LogP contribution in [0.15, 0.2) is 29.2 Å². The number of hydrogen-bond donors (Lipinski definition) is 1. The Labute approximate surface area is 193 Å². The molecule has 2 aliphatic heterocycles. The van der Waals surface area contributed by atoms with Crippen molar-refractivity contribution < 1.29 is 19.4 Å². The number of aromatic nitrogens is 1. The summed E-state index contributed by atoms with van der Waals surface area (Å²) in [4.78, 5) is 24.3. The second-order valence-electron chi connectivity index (χ2n) is 9.79. The number of rotatable bonds is 4. The second kappa shape index (κ2) is 8.05. The second-order valence-corrected chi connectivity index (χ2v) is 9.79. The summed E-state index contributed by atoms with van der Waals surface area (Å²) in [5.41, 5.74) is 2.91. The Hall–Kier alpha value is -3.08. The molecule has 3 heterocycles. The van der Waals surface area contributed by atoms with Crippen LogP contribution in [-0.2, 0) is 16.1 Å². The van der Waals surface area contributed by atoms with E-state index < -0.39 is 17.0 Å². The molecule has 1 fully saturated rings. The lowest BCUT2D eigenvalue weighted by Crippen LogP contribution is -2.50. The third-order valence-electron chi connectivity index (χ3n) is 6.66. The third kappa shape index (κ3) is 3.94. The van der Waals surface area contributed by atoms with Crippen LogP contribution in [0.3, 0.4) is 0 Å². The predicted octanol–water partition coefficient (Wildman–Crippen LogP) is 3.70. The molecule has 7 heteroatoms. The molecule has 1 N–H and O–H groups in total.